The Morgan fingerprint density at radius 2 is 1.93 bits per heavy atom. The molecule has 4 heterocycles. The first-order valence-corrected chi connectivity index (χ1v) is 9.52. The zero-order chi connectivity index (χ0) is 19.3. The molecule has 1 saturated heterocycles. The number of nitrogens with zero attached hydrogens (tertiary/aromatic N) is 4. The Labute approximate surface area is 160 Å². The minimum absolute atomic E-state index is 0.00611. The van der Waals surface area contributed by atoms with Crippen molar-refractivity contribution < 1.29 is 4.79 Å². The van der Waals surface area contributed by atoms with Crippen molar-refractivity contribution in [1.29, 1.82) is 0 Å². The van der Waals surface area contributed by atoms with Crippen LogP contribution in [0.5, 0.6) is 0 Å². The Morgan fingerprint density at radius 1 is 1.07 bits per heavy atom. The van der Waals surface area contributed by atoms with E-state index in [1.807, 2.05) is 16.7 Å². The van der Waals surface area contributed by atoms with Gasteiger partial charge < -0.3 is 9.47 Å². The molecule has 142 valence electrons. The monoisotopic (exact) mass is 376 g/mol. The molecule has 0 unspecified atom stereocenters. The SMILES string of the molecule is O=C(Cn1cnc2ccccc2c1=O)N1C[C@@H]2Cc3cccc(=O)n3[C@@H](C2)C1. The molecule has 7 nitrogen and oxygen atoms in total. The summed E-state index contributed by atoms with van der Waals surface area (Å²) in [5.41, 5.74) is 1.46. The molecule has 1 aromatic carbocycles. The molecular weight excluding hydrogens is 356 g/mol. The largest absolute Gasteiger partial charge is 0.339 e. The van der Waals surface area contributed by atoms with Gasteiger partial charge in [-0.3, -0.25) is 19.0 Å². The molecule has 28 heavy (non-hydrogen) atoms. The van der Waals surface area contributed by atoms with Crippen LogP contribution in [0, 0.1) is 5.92 Å². The molecule has 2 aliphatic rings. The molecule has 0 radical (unpaired) electrons. The highest BCUT2D eigenvalue weighted by Crippen LogP contribution is 2.33. The maximum absolute atomic E-state index is 12.9. The van der Waals surface area contributed by atoms with Crippen molar-refractivity contribution >= 4 is 16.8 Å². The van der Waals surface area contributed by atoms with Crippen LogP contribution < -0.4 is 11.1 Å². The molecule has 3 aromatic rings. The topological polar surface area (TPSA) is 77.2 Å². The van der Waals surface area contributed by atoms with Crippen LogP contribution in [0.2, 0.25) is 0 Å². The molecule has 1 fully saturated rings. The van der Waals surface area contributed by atoms with Crippen LogP contribution in [0.15, 0.2) is 58.4 Å². The van der Waals surface area contributed by atoms with E-state index < -0.39 is 0 Å². The quantitative estimate of drug-likeness (QED) is 0.674. The number of carbonyl (C=O) groups is 1. The molecule has 0 N–H and O–H groups in total. The summed E-state index contributed by atoms with van der Waals surface area (Å²) in [5.74, 6) is 0.234. The van der Waals surface area contributed by atoms with E-state index >= 15 is 0 Å². The lowest BCUT2D eigenvalue weighted by Gasteiger charge is -2.43. The number of piperidine rings is 1. The fourth-order valence-electron chi connectivity index (χ4n) is 4.60. The normalized spacial score (nSPS) is 20.8. The Bertz CT molecular complexity index is 1200. The number of pyridine rings is 1. The Morgan fingerprint density at radius 3 is 2.82 bits per heavy atom. The predicted octanol–water partition coefficient (Wildman–Crippen LogP) is 1.20. The number of para-hydroxylation sites is 1. The van der Waals surface area contributed by atoms with Crippen molar-refractivity contribution in [3.05, 3.63) is 75.2 Å². The summed E-state index contributed by atoms with van der Waals surface area (Å²) in [6.45, 7) is 1.13. The molecule has 2 aromatic heterocycles. The number of fused-ring (bicyclic) bond motifs is 5. The number of rotatable bonds is 2. The van der Waals surface area contributed by atoms with Crippen molar-refractivity contribution in [2.45, 2.75) is 25.4 Å². The molecule has 2 aliphatic heterocycles. The average Bonchev–Trinajstić information content (AvgIpc) is 2.70. The predicted molar refractivity (Wildman–Crippen MR) is 104 cm³/mol. The Kier molecular flexibility index (Phi) is 3.89. The first-order chi connectivity index (χ1) is 13.6. The molecule has 7 heteroatoms. The average molecular weight is 376 g/mol. The number of amides is 1. The molecule has 2 bridgehead atoms. The van der Waals surface area contributed by atoms with E-state index in [-0.39, 0.29) is 29.6 Å². The first kappa shape index (κ1) is 16.9. The van der Waals surface area contributed by atoms with Gasteiger partial charge in [0, 0.05) is 24.8 Å². The fraction of sp³-hybridized carbons (Fsp3) is 0.333. The van der Waals surface area contributed by atoms with Crippen LogP contribution in [0.4, 0.5) is 0 Å². The lowest BCUT2D eigenvalue weighted by Crippen LogP contribution is -2.51. The standard InChI is InChI=1S/C21H20N4O3/c26-19-7-3-4-15-8-14-9-16(25(15)19)11-23(10-14)20(27)12-24-13-22-18-6-2-1-5-17(18)21(24)28/h1-7,13-14,16H,8-12H2/t14-,16+/m1/s1. The van der Waals surface area contributed by atoms with Crippen molar-refractivity contribution in [2.75, 3.05) is 13.1 Å². The number of carbonyl (C=O) groups excluding carboxylic acids is 1. The van der Waals surface area contributed by atoms with Gasteiger partial charge in [0.05, 0.1) is 23.3 Å². The van der Waals surface area contributed by atoms with Gasteiger partial charge in [-0.15, -0.1) is 0 Å². The summed E-state index contributed by atoms with van der Waals surface area (Å²) in [6, 6.07) is 12.5. The van der Waals surface area contributed by atoms with Crippen LogP contribution in [0.3, 0.4) is 0 Å². The molecule has 1 amide bonds. The third kappa shape index (κ3) is 2.74. The Balaban J connectivity index is 1.40. The number of likely N-dealkylation sites (tertiary alicyclic amines) is 1. The third-order valence-corrected chi connectivity index (χ3v) is 5.84. The lowest BCUT2D eigenvalue weighted by atomic mass is 9.86. The van der Waals surface area contributed by atoms with Gasteiger partial charge in [-0.2, -0.15) is 0 Å². The number of hydrogen-bond acceptors (Lipinski definition) is 4. The van der Waals surface area contributed by atoms with Crippen LogP contribution >= 0.6 is 0 Å². The van der Waals surface area contributed by atoms with Crippen molar-refractivity contribution in [1.82, 2.24) is 19.0 Å². The molecule has 5 rings (SSSR count). The van der Waals surface area contributed by atoms with E-state index in [1.165, 1.54) is 10.9 Å². The zero-order valence-electron chi connectivity index (χ0n) is 15.3. The van der Waals surface area contributed by atoms with Crippen molar-refractivity contribution in [2.24, 2.45) is 5.92 Å². The third-order valence-electron chi connectivity index (χ3n) is 5.84. The van der Waals surface area contributed by atoms with E-state index in [4.69, 9.17) is 0 Å². The summed E-state index contributed by atoms with van der Waals surface area (Å²) < 4.78 is 3.20. The lowest BCUT2D eigenvalue weighted by molar-refractivity contribution is -0.135. The number of aromatic nitrogens is 3. The molecule has 2 atom stereocenters. The fourth-order valence-corrected chi connectivity index (χ4v) is 4.60. The minimum atomic E-state index is -0.210. The highest BCUT2D eigenvalue weighted by atomic mass is 16.2. The van der Waals surface area contributed by atoms with Gasteiger partial charge in [0.2, 0.25) is 5.91 Å². The highest BCUT2D eigenvalue weighted by Gasteiger charge is 2.36. The summed E-state index contributed by atoms with van der Waals surface area (Å²) in [7, 11) is 0. The summed E-state index contributed by atoms with van der Waals surface area (Å²) in [5, 5.41) is 0.508. The van der Waals surface area contributed by atoms with Crippen LogP contribution in [0.25, 0.3) is 10.9 Å². The van der Waals surface area contributed by atoms with Crippen molar-refractivity contribution in [3.8, 4) is 0 Å². The molecule has 0 spiro atoms. The van der Waals surface area contributed by atoms with E-state index in [0.29, 0.717) is 29.9 Å². The summed E-state index contributed by atoms with van der Waals surface area (Å²) in [4.78, 5) is 44.0. The first-order valence-electron chi connectivity index (χ1n) is 9.52. The second kappa shape index (κ2) is 6.44. The molecule has 0 saturated carbocycles. The smallest absolute Gasteiger partial charge is 0.261 e. The van der Waals surface area contributed by atoms with E-state index in [1.54, 1.807) is 35.2 Å². The molecular formula is C21H20N4O3. The van der Waals surface area contributed by atoms with Gasteiger partial charge in [-0.25, -0.2) is 4.98 Å². The van der Waals surface area contributed by atoms with Gasteiger partial charge in [-0.05, 0) is 37.0 Å². The summed E-state index contributed by atoms with van der Waals surface area (Å²) in [6.07, 6.45) is 3.15. The second-order valence-electron chi connectivity index (χ2n) is 7.68. The second-order valence-corrected chi connectivity index (χ2v) is 7.68. The summed E-state index contributed by atoms with van der Waals surface area (Å²) >= 11 is 0. The van der Waals surface area contributed by atoms with E-state index in [0.717, 1.165) is 18.5 Å². The van der Waals surface area contributed by atoms with E-state index in [9.17, 15) is 14.4 Å². The van der Waals surface area contributed by atoms with Gasteiger partial charge in [0.25, 0.3) is 11.1 Å². The van der Waals surface area contributed by atoms with Crippen molar-refractivity contribution in [3.63, 3.8) is 0 Å². The van der Waals surface area contributed by atoms with Gasteiger partial charge in [0.15, 0.2) is 0 Å². The maximum atomic E-state index is 12.9. The number of benzene rings is 1. The van der Waals surface area contributed by atoms with Gasteiger partial charge in [-0.1, -0.05) is 18.2 Å². The Hall–Kier alpha value is -3.22. The van der Waals surface area contributed by atoms with Gasteiger partial charge in [0.1, 0.15) is 6.54 Å². The van der Waals surface area contributed by atoms with E-state index in [2.05, 4.69) is 4.98 Å². The number of hydrogen-bond donors (Lipinski definition) is 0. The van der Waals surface area contributed by atoms with Crippen LogP contribution in [-0.4, -0.2) is 38.0 Å². The zero-order valence-corrected chi connectivity index (χ0v) is 15.3. The minimum Gasteiger partial charge on any atom is -0.339 e. The molecule has 0 aliphatic carbocycles. The maximum Gasteiger partial charge on any atom is 0.261 e. The van der Waals surface area contributed by atoms with Gasteiger partial charge >= 0.3 is 0 Å². The van der Waals surface area contributed by atoms with Crippen LogP contribution in [0.1, 0.15) is 18.2 Å². The van der Waals surface area contributed by atoms with Crippen LogP contribution in [-0.2, 0) is 17.8 Å². The highest BCUT2D eigenvalue weighted by molar-refractivity contribution is 5.79.